The number of amides is 2. The third-order valence-corrected chi connectivity index (χ3v) is 4.57. The van der Waals surface area contributed by atoms with Crippen LogP contribution in [0.2, 0.25) is 0 Å². The fourth-order valence-electron chi connectivity index (χ4n) is 3.19. The topological polar surface area (TPSA) is 91.8 Å². The Morgan fingerprint density at radius 1 is 1.25 bits per heavy atom. The minimum absolute atomic E-state index is 0.144. The molecule has 2 unspecified atom stereocenters. The standard InChI is InChI=1S/C20H22FN3O4/c1-13-8-15(19(25)26)12-24(11-13)20(27)23-10-14-2-7-18(22-9-14)28-17-5-3-16(21)4-6-17/h2-7,9,13,15H,8,10-12H2,1H3,(H,23,27)(H,25,26). The van der Waals surface area contributed by atoms with E-state index >= 15 is 0 Å². The number of urea groups is 1. The number of halogens is 1. The van der Waals surface area contributed by atoms with Gasteiger partial charge in [0.15, 0.2) is 0 Å². The number of aromatic nitrogens is 1. The number of aliphatic carboxylic acids is 1. The van der Waals surface area contributed by atoms with Crippen LogP contribution in [0, 0.1) is 17.7 Å². The first kappa shape index (κ1) is 19.6. The van der Waals surface area contributed by atoms with Crippen molar-refractivity contribution < 1.29 is 23.8 Å². The third-order valence-electron chi connectivity index (χ3n) is 4.57. The first-order valence-corrected chi connectivity index (χ1v) is 9.04. The summed E-state index contributed by atoms with van der Waals surface area (Å²) < 4.78 is 18.4. The van der Waals surface area contributed by atoms with Gasteiger partial charge >= 0.3 is 12.0 Å². The van der Waals surface area contributed by atoms with Crippen molar-refractivity contribution in [2.45, 2.75) is 19.9 Å². The maximum absolute atomic E-state index is 12.9. The zero-order valence-corrected chi connectivity index (χ0v) is 15.5. The van der Waals surface area contributed by atoms with Crippen LogP contribution in [0.3, 0.4) is 0 Å². The van der Waals surface area contributed by atoms with Crippen LogP contribution in [-0.4, -0.2) is 40.1 Å². The van der Waals surface area contributed by atoms with E-state index in [2.05, 4.69) is 10.3 Å². The van der Waals surface area contributed by atoms with Crippen LogP contribution in [-0.2, 0) is 11.3 Å². The number of pyridine rings is 1. The van der Waals surface area contributed by atoms with E-state index in [9.17, 15) is 19.1 Å². The Labute approximate surface area is 162 Å². The molecule has 3 rings (SSSR count). The monoisotopic (exact) mass is 387 g/mol. The summed E-state index contributed by atoms with van der Waals surface area (Å²) in [6, 6.07) is 8.76. The second-order valence-corrected chi connectivity index (χ2v) is 7.00. The van der Waals surface area contributed by atoms with Crippen LogP contribution < -0.4 is 10.1 Å². The average Bonchev–Trinajstić information content (AvgIpc) is 2.68. The summed E-state index contributed by atoms with van der Waals surface area (Å²) in [6.45, 7) is 2.97. The number of likely N-dealkylation sites (tertiary alicyclic amines) is 1. The largest absolute Gasteiger partial charge is 0.481 e. The van der Waals surface area contributed by atoms with Gasteiger partial charge in [-0.3, -0.25) is 4.79 Å². The molecule has 2 atom stereocenters. The molecular weight excluding hydrogens is 365 g/mol. The lowest BCUT2D eigenvalue weighted by atomic mass is 9.91. The van der Waals surface area contributed by atoms with E-state index in [1.165, 1.54) is 24.3 Å². The highest BCUT2D eigenvalue weighted by Crippen LogP contribution is 2.22. The van der Waals surface area contributed by atoms with Gasteiger partial charge in [0.25, 0.3) is 0 Å². The highest BCUT2D eigenvalue weighted by atomic mass is 19.1. The number of nitrogens with zero attached hydrogens (tertiary/aromatic N) is 2. The predicted octanol–water partition coefficient (Wildman–Crippen LogP) is 3.27. The van der Waals surface area contributed by atoms with E-state index in [1.54, 1.807) is 23.2 Å². The fraction of sp³-hybridized carbons (Fsp3) is 0.350. The summed E-state index contributed by atoms with van der Waals surface area (Å²) in [5.41, 5.74) is 0.777. The van der Waals surface area contributed by atoms with Gasteiger partial charge in [-0.25, -0.2) is 14.2 Å². The number of hydrogen-bond acceptors (Lipinski definition) is 4. The van der Waals surface area contributed by atoms with Crippen LogP contribution in [0.4, 0.5) is 9.18 Å². The summed E-state index contributed by atoms with van der Waals surface area (Å²) in [7, 11) is 0. The molecule has 28 heavy (non-hydrogen) atoms. The van der Waals surface area contributed by atoms with Crippen molar-refractivity contribution in [1.29, 1.82) is 0 Å². The van der Waals surface area contributed by atoms with E-state index in [1.807, 2.05) is 6.92 Å². The van der Waals surface area contributed by atoms with Gasteiger partial charge in [0, 0.05) is 31.9 Å². The van der Waals surface area contributed by atoms with Gasteiger partial charge in [0.2, 0.25) is 5.88 Å². The molecule has 2 N–H and O–H groups in total. The predicted molar refractivity (Wildman–Crippen MR) is 99.4 cm³/mol. The first-order valence-electron chi connectivity index (χ1n) is 9.04. The van der Waals surface area contributed by atoms with Crippen molar-refractivity contribution in [3.63, 3.8) is 0 Å². The number of carboxylic acid groups (broad SMARTS) is 1. The SMILES string of the molecule is CC1CC(C(=O)O)CN(C(=O)NCc2ccc(Oc3ccc(F)cc3)nc2)C1. The van der Waals surface area contributed by atoms with Crippen molar-refractivity contribution in [1.82, 2.24) is 15.2 Å². The number of nitrogens with one attached hydrogen (secondary N) is 1. The Balaban J connectivity index is 1.52. The lowest BCUT2D eigenvalue weighted by Gasteiger charge is -2.34. The number of benzene rings is 1. The molecule has 0 aliphatic carbocycles. The zero-order chi connectivity index (χ0) is 20.1. The molecule has 1 aliphatic heterocycles. The maximum Gasteiger partial charge on any atom is 0.317 e. The molecule has 0 bridgehead atoms. The summed E-state index contributed by atoms with van der Waals surface area (Å²) in [5.74, 6) is -0.767. The van der Waals surface area contributed by atoms with E-state index in [4.69, 9.17) is 4.74 Å². The van der Waals surface area contributed by atoms with Crippen molar-refractivity contribution in [2.24, 2.45) is 11.8 Å². The number of piperidine rings is 1. The van der Waals surface area contributed by atoms with E-state index in [0.29, 0.717) is 24.6 Å². The maximum atomic E-state index is 12.9. The molecule has 1 fully saturated rings. The normalized spacial score (nSPS) is 19.1. The van der Waals surface area contributed by atoms with Crippen molar-refractivity contribution >= 4 is 12.0 Å². The molecule has 0 radical (unpaired) electrons. The van der Waals surface area contributed by atoms with Gasteiger partial charge in [-0.15, -0.1) is 0 Å². The molecule has 0 spiro atoms. The smallest absolute Gasteiger partial charge is 0.317 e. The third kappa shape index (κ3) is 5.18. The Bertz CT molecular complexity index is 826. The van der Waals surface area contributed by atoms with Gasteiger partial charge in [0.1, 0.15) is 11.6 Å². The van der Waals surface area contributed by atoms with E-state index < -0.39 is 11.9 Å². The van der Waals surface area contributed by atoms with Gasteiger partial charge in [-0.1, -0.05) is 13.0 Å². The molecule has 1 aromatic heterocycles. The second kappa shape index (κ2) is 8.69. The Kier molecular flexibility index (Phi) is 6.08. The van der Waals surface area contributed by atoms with E-state index in [-0.39, 0.29) is 30.9 Å². The average molecular weight is 387 g/mol. The molecule has 148 valence electrons. The minimum Gasteiger partial charge on any atom is -0.481 e. The van der Waals surface area contributed by atoms with Crippen LogP contribution in [0.15, 0.2) is 42.6 Å². The van der Waals surface area contributed by atoms with E-state index in [0.717, 1.165) is 5.56 Å². The number of ether oxygens (including phenoxy) is 1. The Morgan fingerprint density at radius 3 is 2.64 bits per heavy atom. The molecule has 7 nitrogen and oxygen atoms in total. The number of rotatable bonds is 5. The fourth-order valence-corrected chi connectivity index (χ4v) is 3.19. The molecule has 2 heterocycles. The molecule has 2 amide bonds. The molecular formula is C20H22FN3O4. The van der Waals surface area contributed by atoms with Gasteiger partial charge in [0.05, 0.1) is 5.92 Å². The number of carbonyl (C=O) groups excluding carboxylic acids is 1. The molecule has 1 aliphatic rings. The quantitative estimate of drug-likeness (QED) is 0.822. The molecule has 2 aromatic rings. The highest BCUT2D eigenvalue weighted by Gasteiger charge is 2.31. The minimum atomic E-state index is -0.870. The lowest BCUT2D eigenvalue weighted by molar-refractivity contribution is -0.143. The van der Waals surface area contributed by atoms with Crippen molar-refractivity contribution in [3.05, 3.63) is 54.0 Å². The van der Waals surface area contributed by atoms with Crippen LogP contribution in [0.1, 0.15) is 18.9 Å². The molecule has 1 saturated heterocycles. The second-order valence-electron chi connectivity index (χ2n) is 7.00. The number of carbonyl (C=O) groups is 2. The van der Waals surface area contributed by atoms with Crippen molar-refractivity contribution in [2.75, 3.05) is 13.1 Å². The van der Waals surface area contributed by atoms with Crippen LogP contribution >= 0.6 is 0 Å². The Hall–Kier alpha value is -3.16. The zero-order valence-electron chi connectivity index (χ0n) is 15.5. The molecule has 0 saturated carbocycles. The van der Waals surface area contributed by atoms with Gasteiger partial charge in [-0.05, 0) is 42.2 Å². The lowest BCUT2D eigenvalue weighted by Crippen LogP contribution is -2.49. The van der Waals surface area contributed by atoms with Gasteiger partial charge < -0.3 is 20.1 Å². The van der Waals surface area contributed by atoms with Crippen molar-refractivity contribution in [3.8, 4) is 11.6 Å². The van der Waals surface area contributed by atoms with Crippen LogP contribution in [0.25, 0.3) is 0 Å². The number of carboxylic acids is 1. The highest BCUT2D eigenvalue weighted by molar-refractivity contribution is 5.76. The van der Waals surface area contributed by atoms with Gasteiger partial charge in [-0.2, -0.15) is 0 Å². The number of hydrogen-bond donors (Lipinski definition) is 2. The Morgan fingerprint density at radius 2 is 2.00 bits per heavy atom. The molecule has 8 heteroatoms. The summed E-state index contributed by atoms with van der Waals surface area (Å²) >= 11 is 0. The first-order chi connectivity index (χ1) is 13.4. The summed E-state index contributed by atoms with van der Waals surface area (Å²) in [4.78, 5) is 29.3. The molecule has 1 aromatic carbocycles. The summed E-state index contributed by atoms with van der Waals surface area (Å²) in [5, 5.41) is 12.0. The summed E-state index contributed by atoms with van der Waals surface area (Å²) in [6.07, 6.45) is 2.16. The van der Waals surface area contributed by atoms with Crippen LogP contribution in [0.5, 0.6) is 11.6 Å².